The van der Waals surface area contributed by atoms with Crippen molar-refractivity contribution in [3.05, 3.63) is 11.7 Å². The Labute approximate surface area is 80.5 Å². The van der Waals surface area contributed by atoms with Crippen molar-refractivity contribution in [2.45, 2.75) is 38.7 Å². The third-order valence-corrected chi connectivity index (χ3v) is 2.34. The summed E-state index contributed by atoms with van der Waals surface area (Å²) in [6.45, 7) is 3.70. The molecule has 14 heavy (non-hydrogen) atoms. The summed E-state index contributed by atoms with van der Waals surface area (Å²) in [6.07, 6.45) is -1.59. The molecule has 0 bridgehead atoms. The molecule has 0 amide bonds. The first kappa shape index (κ1) is 11.0. The molecule has 0 aromatic carbocycles. The SMILES string of the molecule is CCC(N)(CC)c1noc(C(F)F)n1. The zero-order chi connectivity index (χ0) is 10.8. The molecule has 1 heterocycles. The minimum absolute atomic E-state index is 0.151. The number of hydrogen-bond acceptors (Lipinski definition) is 4. The zero-order valence-corrected chi connectivity index (χ0v) is 8.13. The Kier molecular flexibility index (Phi) is 3.15. The van der Waals surface area contributed by atoms with E-state index in [4.69, 9.17) is 5.73 Å². The topological polar surface area (TPSA) is 64.9 Å². The molecule has 0 radical (unpaired) electrons. The molecule has 80 valence electrons. The van der Waals surface area contributed by atoms with Crippen LogP contribution in [0, 0.1) is 0 Å². The van der Waals surface area contributed by atoms with E-state index in [0.717, 1.165) is 0 Å². The molecule has 0 aliphatic heterocycles. The minimum atomic E-state index is -2.74. The van der Waals surface area contributed by atoms with Crippen LogP contribution in [0.1, 0.15) is 44.8 Å². The van der Waals surface area contributed by atoms with Crippen LogP contribution in [0.4, 0.5) is 8.78 Å². The number of halogens is 2. The van der Waals surface area contributed by atoms with E-state index in [1.807, 2.05) is 13.8 Å². The number of alkyl halides is 2. The Balaban J connectivity index is 2.95. The van der Waals surface area contributed by atoms with E-state index in [1.165, 1.54) is 0 Å². The van der Waals surface area contributed by atoms with Gasteiger partial charge in [0.25, 0.3) is 5.89 Å². The molecular weight excluding hydrogens is 192 g/mol. The summed E-state index contributed by atoms with van der Waals surface area (Å²) >= 11 is 0. The van der Waals surface area contributed by atoms with Crippen LogP contribution in [0.5, 0.6) is 0 Å². The maximum Gasteiger partial charge on any atom is 0.315 e. The predicted molar refractivity (Wildman–Crippen MR) is 45.7 cm³/mol. The molecule has 1 aromatic rings. The molecule has 0 atom stereocenters. The first-order valence-corrected chi connectivity index (χ1v) is 4.44. The Morgan fingerprint density at radius 3 is 2.36 bits per heavy atom. The molecule has 0 aliphatic carbocycles. The molecule has 0 fully saturated rings. The Hall–Kier alpha value is -1.04. The summed E-state index contributed by atoms with van der Waals surface area (Å²) in [5.41, 5.74) is 5.13. The number of nitrogens with two attached hydrogens (primary N) is 1. The maximum absolute atomic E-state index is 12.1. The Morgan fingerprint density at radius 1 is 1.43 bits per heavy atom. The smallest absolute Gasteiger partial charge is 0.315 e. The summed E-state index contributed by atoms with van der Waals surface area (Å²) in [5, 5.41) is 3.46. The van der Waals surface area contributed by atoms with Gasteiger partial charge in [-0.1, -0.05) is 19.0 Å². The van der Waals surface area contributed by atoms with E-state index in [0.29, 0.717) is 12.8 Å². The number of aromatic nitrogens is 2. The van der Waals surface area contributed by atoms with Gasteiger partial charge < -0.3 is 10.3 Å². The van der Waals surface area contributed by atoms with Crippen LogP contribution >= 0.6 is 0 Å². The fourth-order valence-corrected chi connectivity index (χ4v) is 1.09. The van der Waals surface area contributed by atoms with Crippen molar-refractivity contribution in [3.8, 4) is 0 Å². The third kappa shape index (κ3) is 1.89. The average molecular weight is 205 g/mol. The average Bonchev–Trinajstić information content (AvgIpc) is 2.66. The predicted octanol–water partition coefficient (Wildman–Crippen LogP) is 1.98. The molecule has 0 unspecified atom stereocenters. The van der Waals surface area contributed by atoms with Crippen molar-refractivity contribution in [3.63, 3.8) is 0 Å². The molecule has 1 aromatic heterocycles. The van der Waals surface area contributed by atoms with Crippen LogP contribution in [-0.2, 0) is 5.54 Å². The summed E-state index contributed by atoms with van der Waals surface area (Å²) in [6, 6.07) is 0. The lowest BCUT2D eigenvalue weighted by molar-refractivity contribution is 0.106. The van der Waals surface area contributed by atoms with Gasteiger partial charge in [-0.25, -0.2) is 0 Å². The summed E-state index contributed by atoms with van der Waals surface area (Å²) in [5.74, 6) is -0.519. The van der Waals surface area contributed by atoms with Gasteiger partial charge in [-0.15, -0.1) is 0 Å². The van der Waals surface area contributed by atoms with Crippen molar-refractivity contribution in [1.82, 2.24) is 10.1 Å². The second kappa shape index (κ2) is 4.00. The zero-order valence-electron chi connectivity index (χ0n) is 8.13. The van der Waals surface area contributed by atoms with Gasteiger partial charge in [0, 0.05) is 0 Å². The summed E-state index contributed by atoms with van der Waals surface area (Å²) in [7, 11) is 0. The molecule has 0 saturated carbocycles. The van der Waals surface area contributed by atoms with Gasteiger partial charge in [0.15, 0.2) is 5.82 Å². The summed E-state index contributed by atoms with van der Waals surface area (Å²) < 4.78 is 28.7. The lowest BCUT2D eigenvalue weighted by Gasteiger charge is -2.21. The first-order valence-electron chi connectivity index (χ1n) is 4.44. The highest BCUT2D eigenvalue weighted by Gasteiger charge is 2.30. The van der Waals surface area contributed by atoms with E-state index in [9.17, 15) is 8.78 Å². The normalized spacial score (nSPS) is 12.4. The van der Waals surface area contributed by atoms with E-state index in [1.54, 1.807) is 0 Å². The van der Waals surface area contributed by atoms with Gasteiger partial charge in [0.1, 0.15) is 0 Å². The fourth-order valence-electron chi connectivity index (χ4n) is 1.09. The number of rotatable bonds is 4. The van der Waals surface area contributed by atoms with Gasteiger partial charge in [0.2, 0.25) is 0 Å². The largest absolute Gasteiger partial charge is 0.333 e. The standard InChI is InChI=1S/C8H13F2N3O/c1-3-8(11,4-2)7-12-6(5(9)10)14-13-7/h5H,3-4,11H2,1-2H3. The molecule has 6 heteroatoms. The monoisotopic (exact) mass is 205 g/mol. The molecule has 0 aliphatic rings. The van der Waals surface area contributed by atoms with E-state index >= 15 is 0 Å². The van der Waals surface area contributed by atoms with Crippen molar-refractivity contribution in [2.24, 2.45) is 5.73 Å². The lowest BCUT2D eigenvalue weighted by atomic mass is 9.94. The van der Waals surface area contributed by atoms with Crippen LogP contribution in [-0.4, -0.2) is 10.1 Å². The van der Waals surface area contributed by atoms with E-state index < -0.39 is 17.9 Å². The number of hydrogen-bond donors (Lipinski definition) is 1. The van der Waals surface area contributed by atoms with E-state index in [2.05, 4.69) is 14.7 Å². The molecule has 0 spiro atoms. The molecule has 2 N–H and O–H groups in total. The molecule has 4 nitrogen and oxygen atoms in total. The Bertz CT molecular complexity index is 297. The second-order valence-corrected chi connectivity index (χ2v) is 3.12. The third-order valence-electron chi connectivity index (χ3n) is 2.34. The first-order chi connectivity index (χ1) is 6.53. The van der Waals surface area contributed by atoms with Crippen LogP contribution < -0.4 is 5.73 Å². The maximum atomic E-state index is 12.1. The van der Waals surface area contributed by atoms with Crippen molar-refractivity contribution >= 4 is 0 Å². The quantitative estimate of drug-likeness (QED) is 0.816. The van der Waals surface area contributed by atoms with Crippen LogP contribution in [0.15, 0.2) is 4.52 Å². The van der Waals surface area contributed by atoms with Gasteiger partial charge in [-0.3, -0.25) is 0 Å². The fraction of sp³-hybridized carbons (Fsp3) is 0.750. The minimum Gasteiger partial charge on any atom is -0.333 e. The van der Waals surface area contributed by atoms with Gasteiger partial charge >= 0.3 is 6.43 Å². The van der Waals surface area contributed by atoms with Gasteiger partial charge in [-0.2, -0.15) is 13.8 Å². The molecule has 1 rings (SSSR count). The van der Waals surface area contributed by atoms with Crippen molar-refractivity contribution < 1.29 is 13.3 Å². The highest BCUT2D eigenvalue weighted by atomic mass is 19.3. The van der Waals surface area contributed by atoms with Crippen LogP contribution in [0.2, 0.25) is 0 Å². The van der Waals surface area contributed by atoms with Gasteiger partial charge in [-0.05, 0) is 12.8 Å². The lowest BCUT2D eigenvalue weighted by Crippen LogP contribution is -2.36. The van der Waals surface area contributed by atoms with Crippen LogP contribution in [0.3, 0.4) is 0 Å². The van der Waals surface area contributed by atoms with E-state index in [-0.39, 0.29) is 5.82 Å². The highest BCUT2D eigenvalue weighted by Crippen LogP contribution is 2.25. The molecular formula is C8H13F2N3O. The highest BCUT2D eigenvalue weighted by molar-refractivity contribution is 5.03. The molecule has 0 saturated heterocycles. The summed E-state index contributed by atoms with van der Waals surface area (Å²) in [4.78, 5) is 3.57. The van der Waals surface area contributed by atoms with Gasteiger partial charge in [0.05, 0.1) is 5.54 Å². The second-order valence-electron chi connectivity index (χ2n) is 3.12. The number of nitrogens with zero attached hydrogens (tertiary/aromatic N) is 2. The Morgan fingerprint density at radius 2 is 2.00 bits per heavy atom. The van der Waals surface area contributed by atoms with Crippen molar-refractivity contribution in [2.75, 3.05) is 0 Å². The van der Waals surface area contributed by atoms with Crippen molar-refractivity contribution in [1.29, 1.82) is 0 Å². The van der Waals surface area contributed by atoms with Crippen LogP contribution in [0.25, 0.3) is 0 Å².